The van der Waals surface area contributed by atoms with Gasteiger partial charge < -0.3 is 5.11 Å². The maximum atomic E-state index is 10.2. The van der Waals surface area contributed by atoms with E-state index in [1.807, 2.05) is 0 Å². The Morgan fingerprint density at radius 2 is 2.00 bits per heavy atom. The van der Waals surface area contributed by atoms with E-state index in [1.54, 1.807) is 0 Å². The van der Waals surface area contributed by atoms with Gasteiger partial charge in [0, 0.05) is 0 Å². The van der Waals surface area contributed by atoms with Crippen LogP contribution in [-0.4, -0.2) is 22.6 Å². The molecule has 13 heavy (non-hydrogen) atoms. The van der Waals surface area contributed by atoms with Crippen molar-refractivity contribution in [3.8, 4) is 0 Å². The Balaban J connectivity index is 3.19. The minimum Gasteiger partial charge on any atom is -0.481 e. The predicted octanol–water partition coefficient (Wildman–Crippen LogP) is 3.02. The van der Waals surface area contributed by atoms with Gasteiger partial charge in [0.05, 0.1) is 5.75 Å². The van der Waals surface area contributed by atoms with Crippen LogP contribution in [0.3, 0.4) is 0 Å². The van der Waals surface area contributed by atoms with Crippen molar-refractivity contribution >= 4 is 17.7 Å². The Bertz CT molecular complexity index is 133. The van der Waals surface area contributed by atoms with Gasteiger partial charge in [-0.05, 0) is 24.5 Å². The molecule has 0 atom stereocenters. The number of thioether (sulfide) groups is 1. The van der Waals surface area contributed by atoms with Gasteiger partial charge in [-0.3, -0.25) is 4.79 Å². The maximum Gasteiger partial charge on any atom is 0.313 e. The molecule has 0 fully saturated rings. The van der Waals surface area contributed by atoms with Crippen molar-refractivity contribution in [1.29, 1.82) is 0 Å². The lowest BCUT2D eigenvalue weighted by Crippen LogP contribution is -2.01. The molecule has 0 aliphatic rings. The fourth-order valence-electron chi connectivity index (χ4n) is 1.33. The van der Waals surface area contributed by atoms with E-state index in [0.717, 1.165) is 18.1 Å². The first-order valence-electron chi connectivity index (χ1n) is 5.00. The van der Waals surface area contributed by atoms with Crippen LogP contribution in [0.25, 0.3) is 0 Å². The Morgan fingerprint density at radius 3 is 2.46 bits per heavy atom. The van der Waals surface area contributed by atoms with Crippen molar-refractivity contribution in [1.82, 2.24) is 0 Å². The highest BCUT2D eigenvalue weighted by molar-refractivity contribution is 7.99. The van der Waals surface area contributed by atoms with Gasteiger partial charge in [-0.1, -0.05) is 26.7 Å². The molecule has 0 saturated heterocycles. The van der Waals surface area contributed by atoms with Crippen molar-refractivity contribution in [3.05, 3.63) is 0 Å². The van der Waals surface area contributed by atoms with Gasteiger partial charge in [-0.25, -0.2) is 0 Å². The molecule has 0 aromatic carbocycles. The van der Waals surface area contributed by atoms with Crippen LogP contribution in [0.4, 0.5) is 0 Å². The molecule has 0 aromatic heterocycles. The van der Waals surface area contributed by atoms with E-state index >= 15 is 0 Å². The predicted molar refractivity (Wildman–Crippen MR) is 58.3 cm³/mol. The molecule has 3 heteroatoms. The van der Waals surface area contributed by atoms with Crippen LogP contribution in [-0.2, 0) is 4.79 Å². The van der Waals surface area contributed by atoms with E-state index in [-0.39, 0.29) is 5.75 Å². The maximum absolute atomic E-state index is 10.2. The largest absolute Gasteiger partial charge is 0.481 e. The Hall–Kier alpha value is -0.180. The second-order valence-electron chi connectivity index (χ2n) is 3.27. The third kappa shape index (κ3) is 8.16. The van der Waals surface area contributed by atoms with E-state index in [2.05, 4.69) is 13.8 Å². The monoisotopic (exact) mass is 204 g/mol. The highest BCUT2D eigenvalue weighted by atomic mass is 32.2. The molecule has 0 radical (unpaired) electrons. The Labute approximate surface area is 85.1 Å². The van der Waals surface area contributed by atoms with Crippen LogP contribution in [0.2, 0.25) is 0 Å². The van der Waals surface area contributed by atoms with E-state index in [0.29, 0.717) is 0 Å². The van der Waals surface area contributed by atoms with Crippen LogP contribution in [0.15, 0.2) is 0 Å². The van der Waals surface area contributed by atoms with Crippen molar-refractivity contribution in [2.45, 2.75) is 39.5 Å². The summed E-state index contributed by atoms with van der Waals surface area (Å²) in [4.78, 5) is 10.2. The van der Waals surface area contributed by atoms with Crippen LogP contribution >= 0.6 is 11.8 Å². The molecule has 1 N–H and O–H groups in total. The lowest BCUT2D eigenvalue weighted by atomic mass is 9.98. The van der Waals surface area contributed by atoms with E-state index < -0.39 is 5.97 Å². The lowest BCUT2D eigenvalue weighted by Gasteiger charge is -2.10. The third-order valence-corrected chi connectivity index (χ3v) is 3.31. The second kappa shape index (κ2) is 8.42. The highest BCUT2D eigenvalue weighted by Gasteiger charge is 2.03. The minimum atomic E-state index is -0.701. The number of aliphatic carboxylic acids is 1. The summed E-state index contributed by atoms with van der Waals surface area (Å²) in [5.41, 5.74) is 0. The summed E-state index contributed by atoms with van der Waals surface area (Å²) in [5, 5.41) is 8.39. The van der Waals surface area contributed by atoms with Crippen LogP contribution in [0.1, 0.15) is 39.5 Å². The van der Waals surface area contributed by atoms with Crippen molar-refractivity contribution in [2.75, 3.05) is 11.5 Å². The summed E-state index contributed by atoms with van der Waals surface area (Å²) in [5.74, 6) is 1.38. The van der Waals surface area contributed by atoms with Crippen LogP contribution < -0.4 is 0 Å². The fourth-order valence-corrected chi connectivity index (χ4v) is 2.02. The number of carboxylic acids is 1. The minimum absolute atomic E-state index is 0.253. The molecule has 0 bridgehead atoms. The normalized spacial score (nSPS) is 10.7. The van der Waals surface area contributed by atoms with E-state index in [1.165, 1.54) is 31.0 Å². The summed E-state index contributed by atoms with van der Waals surface area (Å²) in [6.45, 7) is 4.44. The number of carboxylic acid groups (broad SMARTS) is 1. The number of carbonyl (C=O) groups is 1. The van der Waals surface area contributed by atoms with Gasteiger partial charge >= 0.3 is 5.97 Å². The molecule has 78 valence electrons. The molecular formula is C10H20O2S. The molecule has 0 aromatic rings. The zero-order chi connectivity index (χ0) is 10.1. The topological polar surface area (TPSA) is 37.3 Å². The summed E-state index contributed by atoms with van der Waals surface area (Å²) >= 11 is 1.52. The SMILES string of the molecule is CCC(CC)CCCSCC(=O)O. The summed E-state index contributed by atoms with van der Waals surface area (Å²) in [6.07, 6.45) is 4.91. The quantitative estimate of drug-likeness (QED) is 0.617. The van der Waals surface area contributed by atoms with Crippen LogP contribution in [0.5, 0.6) is 0 Å². The van der Waals surface area contributed by atoms with Crippen molar-refractivity contribution in [3.63, 3.8) is 0 Å². The first kappa shape index (κ1) is 12.8. The van der Waals surface area contributed by atoms with Gasteiger partial charge in [0.25, 0.3) is 0 Å². The average Bonchev–Trinajstić information content (AvgIpc) is 2.11. The Kier molecular flexibility index (Phi) is 8.30. The molecule has 0 spiro atoms. The molecule has 0 rings (SSSR count). The van der Waals surface area contributed by atoms with Gasteiger partial charge in [0.1, 0.15) is 0 Å². The average molecular weight is 204 g/mol. The number of rotatable bonds is 8. The summed E-state index contributed by atoms with van der Waals surface area (Å²) < 4.78 is 0. The number of hydrogen-bond acceptors (Lipinski definition) is 2. The zero-order valence-electron chi connectivity index (χ0n) is 8.58. The van der Waals surface area contributed by atoms with Gasteiger partial charge in [-0.15, -0.1) is 0 Å². The standard InChI is InChI=1S/C10H20O2S/c1-3-9(4-2)6-5-7-13-8-10(11)12/h9H,3-8H2,1-2H3,(H,11,12). The highest BCUT2D eigenvalue weighted by Crippen LogP contribution is 2.16. The smallest absolute Gasteiger partial charge is 0.313 e. The second-order valence-corrected chi connectivity index (χ2v) is 4.38. The molecular weight excluding hydrogens is 184 g/mol. The third-order valence-electron chi connectivity index (χ3n) is 2.28. The lowest BCUT2D eigenvalue weighted by molar-refractivity contribution is -0.133. The Morgan fingerprint density at radius 1 is 1.38 bits per heavy atom. The van der Waals surface area contributed by atoms with Gasteiger partial charge in [-0.2, -0.15) is 11.8 Å². The molecule has 0 amide bonds. The number of hydrogen-bond donors (Lipinski definition) is 1. The molecule has 0 heterocycles. The molecule has 2 nitrogen and oxygen atoms in total. The molecule has 0 aliphatic heterocycles. The first-order chi connectivity index (χ1) is 6.20. The summed E-state index contributed by atoms with van der Waals surface area (Å²) in [6, 6.07) is 0. The zero-order valence-corrected chi connectivity index (χ0v) is 9.40. The molecule has 0 unspecified atom stereocenters. The van der Waals surface area contributed by atoms with Gasteiger partial charge in [0.15, 0.2) is 0 Å². The van der Waals surface area contributed by atoms with Gasteiger partial charge in [0.2, 0.25) is 0 Å². The first-order valence-corrected chi connectivity index (χ1v) is 6.15. The summed E-state index contributed by atoms with van der Waals surface area (Å²) in [7, 11) is 0. The van der Waals surface area contributed by atoms with E-state index in [9.17, 15) is 4.79 Å². The van der Waals surface area contributed by atoms with Crippen molar-refractivity contribution in [2.24, 2.45) is 5.92 Å². The van der Waals surface area contributed by atoms with E-state index in [4.69, 9.17) is 5.11 Å². The molecule has 0 saturated carbocycles. The molecule has 0 aliphatic carbocycles. The van der Waals surface area contributed by atoms with Crippen LogP contribution in [0, 0.1) is 5.92 Å². The fraction of sp³-hybridized carbons (Fsp3) is 0.900. The van der Waals surface area contributed by atoms with Crippen molar-refractivity contribution < 1.29 is 9.90 Å².